The molecule has 1 N–H and O–H groups in total. The first-order chi connectivity index (χ1) is 13.9. The number of pyridine rings is 1. The molecule has 0 aliphatic carbocycles. The number of anilines is 1. The van der Waals surface area contributed by atoms with Crippen molar-refractivity contribution in [2.45, 2.75) is 6.61 Å². The zero-order chi connectivity index (χ0) is 19.0. The summed E-state index contributed by atoms with van der Waals surface area (Å²) in [6.45, 7) is 1.52. The summed E-state index contributed by atoms with van der Waals surface area (Å²) in [7, 11) is 0. The predicted molar refractivity (Wildman–Crippen MR) is 106 cm³/mol. The van der Waals surface area contributed by atoms with Crippen LogP contribution in [0, 0.1) is 0 Å². The van der Waals surface area contributed by atoms with Crippen molar-refractivity contribution >= 4 is 16.6 Å². The number of para-hydroxylation sites is 1. The van der Waals surface area contributed by atoms with Gasteiger partial charge in [0.2, 0.25) is 0 Å². The average Bonchev–Trinajstić information content (AvgIpc) is 2.76. The Labute approximate surface area is 162 Å². The fourth-order valence-electron chi connectivity index (χ4n) is 2.69. The first-order valence-electron chi connectivity index (χ1n) is 8.94. The van der Waals surface area contributed by atoms with E-state index in [1.54, 1.807) is 12.4 Å². The number of hydrogen-bond acceptors (Lipinski definition) is 7. The highest BCUT2D eigenvalue weighted by atomic mass is 16.5. The van der Waals surface area contributed by atoms with Crippen LogP contribution in [0.3, 0.4) is 0 Å². The predicted octanol–water partition coefficient (Wildman–Crippen LogP) is 3.49. The van der Waals surface area contributed by atoms with E-state index in [1.165, 1.54) is 0 Å². The number of hydrogen-bond donors (Lipinski definition) is 1. The van der Waals surface area contributed by atoms with Gasteiger partial charge in [-0.15, -0.1) is 10.2 Å². The molecule has 28 heavy (non-hydrogen) atoms. The molecule has 0 fully saturated rings. The number of benzene rings is 2. The minimum absolute atomic E-state index is 0.401. The van der Waals surface area contributed by atoms with Crippen molar-refractivity contribution in [3.05, 3.63) is 78.8 Å². The van der Waals surface area contributed by atoms with E-state index in [2.05, 4.69) is 31.8 Å². The van der Waals surface area contributed by atoms with E-state index in [9.17, 15) is 0 Å². The molecule has 4 aromatic rings. The van der Waals surface area contributed by atoms with E-state index in [0.29, 0.717) is 19.8 Å². The molecule has 0 spiro atoms. The van der Waals surface area contributed by atoms with Gasteiger partial charge in [-0.25, -0.2) is 4.98 Å². The lowest BCUT2D eigenvalue weighted by atomic mass is 10.2. The normalized spacial score (nSPS) is 10.6. The van der Waals surface area contributed by atoms with Crippen LogP contribution in [0.1, 0.15) is 5.69 Å². The monoisotopic (exact) mass is 373 g/mol. The molecule has 0 atom stereocenters. The third-order valence-corrected chi connectivity index (χ3v) is 4.05. The average molecular weight is 373 g/mol. The summed E-state index contributed by atoms with van der Waals surface area (Å²) in [6, 6.07) is 19.7. The van der Waals surface area contributed by atoms with E-state index in [4.69, 9.17) is 9.47 Å². The molecule has 4 rings (SSSR count). The molecular weight excluding hydrogens is 354 g/mol. The minimum atomic E-state index is 0.401. The van der Waals surface area contributed by atoms with Gasteiger partial charge in [0.05, 0.1) is 29.3 Å². The van der Waals surface area contributed by atoms with Gasteiger partial charge in [-0.3, -0.25) is 0 Å². The Balaban J connectivity index is 1.29. The fourth-order valence-corrected chi connectivity index (χ4v) is 2.69. The van der Waals surface area contributed by atoms with Gasteiger partial charge in [-0.1, -0.05) is 30.3 Å². The van der Waals surface area contributed by atoms with Crippen molar-refractivity contribution in [2.24, 2.45) is 0 Å². The Morgan fingerprint density at radius 1 is 0.821 bits per heavy atom. The van der Waals surface area contributed by atoms with Crippen LogP contribution in [-0.4, -0.2) is 33.5 Å². The molecule has 0 bridgehead atoms. The molecule has 2 heterocycles. The molecular formula is C21H19N5O2. The van der Waals surface area contributed by atoms with Crippen LogP contribution in [0.2, 0.25) is 0 Å². The van der Waals surface area contributed by atoms with Gasteiger partial charge in [-0.2, -0.15) is 0 Å². The maximum Gasteiger partial charge on any atom is 0.130 e. The van der Waals surface area contributed by atoms with E-state index in [0.717, 1.165) is 33.8 Å². The van der Waals surface area contributed by atoms with Crippen molar-refractivity contribution in [3.63, 3.8) is 0 Å². The summed E-state index contributed by atoms with van der Waals surface area (Å²) in [6.07, 6.45) is 3.23. The van der Waals surface area contributed by atoms with Crippen molar-refractivity contribution in [2.75, 3.05) is 18.5 Å². The van der Waals surface area contributed by atoms with Crippen LogP contribution in [0.15, 0.2) is 73.1 Å². The lowest BCUT2D eigenvalue weighted by molar-refractivity contribution is 0.295. The maximum atomic E-state index is 5.88. The SMILES string of the molecule is c1cc(OCCNc2cnnnc2)cc(OCc2ccc3ccccc3n2)c1. The lowest BCUT2D eigenvalue weighted by Crippen LogP contribution is -2.12. The maximum absolute atomic E-state index is 5.88. The number of nitrogens with one attached hydrogen (secondary N) is 1. The molecule has 7 heteroatoms. The van der Waals surface area contributed by atoms with Gasteiger partial charge in [0.15, 0.2) is 0 Å². The van der Waals surface area contributed by atoms with Gasteiger partial charge < -0.3 is 14.8 Å². The van der Waals surface area contributed by atoms with E-state index >= 15 is 0 Å². The third kappa shape index (κ3) is 4.70. The second-order valence-corrected chi connectivity index (χ2v) is 6.07. The zero-order valence-electron chi connectivity index (χ0n) is 15.2. The molecule has 7 nitrogen and oxygen atoms in total. The van der Waals surface area contributed by atoms with Crippen molar-refractivity contribution in [1.82, 2.24) is 20.4 Å². The number of fused-ring (bicyclic) bond motifs is 1. The molecule has 2 aromatic heterocycles. The highest BCUT2D eigenvalue weighted by Gasteiger charge is 2.02. The number of ether oxygens (including phenoxy) is 2. The molecule has 0 unspecified atom stereocenters. The van der Waals surface area contributed by atoms with Crippen LogP contribution in [-0.2, 0) is 6.61 Å². The largest absolute Gasteiger partial charge is 0.492 e. The summed E-state index contributed by atoms with van der Waals surface area (Å²) in [4.78, 5) is 4.62. The van der Waals surface area contributed by atoms with Crippen molar-refractivity contribution in [1.29, 1.82) is 0 Å². The summed E-state index contributed by atoms with van der Waals surface area (Å²) < 4.78 is 11.6. The Bertz CT molecular complexity index is 1040. The minimum Gasteiger partial charge on any atom is -0.492 e. The molecule has 2 aromatic carbocycles. The van der Waals surface area contributed by atoms with Gasteiger partial charge in [-0.05, 0) is 29.5 Å². The van der Waals surface area contributed by atoms with Gasteiger partial charge in [0.25, 0.3) is 0 Å². The van der Waals surface area contributed by atoms with E-state index in [-0.39, 0.29) is 0 Å². The van der Waals surface area contributed by atoms with Gasteiger partial charge in [0.1, 0.15) is 24.7 Å². The Kier molecular flexibility index (Phi) is 5.53. The second-order valence-electron chi connectivity index (χ2n) is 6.07. The summed E-state index contributed by atoms with van der Waals surface area (Å²) in [5.74, 6) is 1.49. The van der Waals surface area contributed by atoms with Crippen LogP contribution in [0.25, 0.3) is 10.9 Å². The standard InChI is InChI=1S/C21H19N5O2/c1-2-7-21-16(4-1)8-9-17(25-21)15-28-20-6-3-5-19(12-20)27-11-10-22-18-13-23-26-24-14-18/h1-9,12-14H,10-11,15H2,(H,22,26). The van der Waals surface area contributed by atoms with E-state index in [1.807, 2.05) is 54.6 Å². The fraction of sp³-hybridized carbons (Fsp3) is 0.143. The van der Waals surface area contributed by atoms with Crippen molar-refractivity contribution < 1.29 is 9.47 Å². The highest BCUT2D eigenvalue weighted by Crippen LogP contribution is 2.21. The Morgan fingerprint density at radius 2 is 1.64 bits per heavy atom. The molecule has 0 saturated heterocycles. The summed E-state index contributed by atoms with van der Waals surface area (Å²) in [5.41, 5.74) is 2.65. The van der Waals surface area contributed by atoms with Crippen LogP contribution >= 0.6 is 0 Å². The van der Waals surface area contributed by atoms with Crippen molar-refractivity contribution in [3.8, 4) is 11.5 Å². The summed E-state index contributed by atoms with van der Waals surface area (Å²) in [5, 5.41) is 15.2. The topological polar surface area (TPSA) is 82.0 Å². The third-order valence-electron chi connectivity index (χ3n) is 4.05. The van der Waals surface area contributed by atoms with Crippen LogP contribution in [0.4, 0.5) is 5.69 Å². The zero-order valence-corrected chi connectivity index (χ0v) is 15.2. The molecule has 0 saturated carbocycles. The lowest BCUT2D eigenvalue weighted by Gasteiger charge is -2.10. The Morgan fingerprint density at radius 3 is 2.54 bits per heavy atom. The van der Waals surface area contributed by atoms with Crippen LogP contribution < -0.4 is 14.8 Å². The number of nitrogens with zero attached hydrogens (tertiary/aromatic N) is 4. The summed E-state index contributed by atoms with van der Waals surface area (Å²) >= 11 is 0. The van der Waals surface area contributed by atoms with Gasteiger partial charge in [0, 0.05) is 18.0 Å². The smallest absolute Gasteiger partial charge is 0.130 e. The Hall–Kier alpha value is -3.74. The first kappa shape index (κ1) is 17.7. The number of aromatic nitrogens is 4. The second kappa shape index (κ2) is 8.77. The quantitative estimate of drug-likeness (QED) is 0.473. The molecule has 0 amide bonds. The molecule has 0 aliphatic rings. The molecule has 140 valence electrons. The van der Waals surface area contributed by atoms with E-state index < -0.39 is 0 Å². The number of rotatable bonds is 8. The highest BCUT2D eigenvalue weighted by molar-refractivity contribution is 5.78. The first-order valence-corrected chi connectivity index (χ1v) is 8.94. The molecule has 0 radical (unpaired) electrons. The molecule has 0 aliphatic heterocycles. The van der Waals surface area contributed by atoms with Crippen LogP contribution in [0.5, 0.6) is 11.5 Å². The van der Waals surface area contributed by atoms with Gasteiger partial charge >= 0.3 is 0 Å².